The van der Waals surface area contributed by atoms with Crippen LogP contribution in [0.1, 0.15) is 22.7 Å². The molecule has 4 nitrogen and oxygen atoms in total. The Morgan fingerprint density at radius 1 is 1.19 bits per heavy atom. The van der Waals surface area contributed by atoms with Gasteiger partial charge in [0.15, 0.2) is 6.29 Å². The van der Waals surface area contributed by atoms with Crippen LogP contribution in [0.15, 0.2) is 18.2 Å². The minimum atomic E-state index is -0.398. The van der Waals surface area contributed by atoms with Crippen LogP contribution in [0.2, 0.25) is 0 Å². The second kappa shape index (κ2) is 5.96. The van der Waals surface area contributed by atoms with Gasteiger partial charge in [0.1, 0.15) is 0 Å². The van der Waals surface area contributed by atoms with Crippen molar-refractivity contribution in [2.75, 3.05) is 14.2 Å². The zero-order chi connectivity index (χ0) is 12.1. The molecule has 16 heavy (non-hydrogen) atoms. The van der Waals surface area contributed by atoms with E-state index in [0.717, 1.165) is 11.1 Å². The summed E-state index contributed by atoms with van der Waals surface area (Å²) in [6.45, 7) is 4.09. The highest BCUT2D eigenvalue weighted by molar-refractivity contribution is 5.33. The van der Waals surface area contributed by atoms with Crippen LogP contribution in [0, 0.1) is 13.8 Å². The third-order valence-electron chi connectivity index (χ3n) is 2.69. The lowest BCUT2D eigenvalue weighted by atomic mass is 9.99. The molecule has 90 valence electrons. The predicted octanol–water partition coefficient (Wildman–Crippen LogP) is 1.43. The molecule has 4 heteroatoms. The van der Waals surface area contributed by atoms with Crippen LogP contribution in [0.5, 0.6) is 0 Å². The molecule has 1 aromatic carbocycles. The number of ether oxygens (including phenoxy) is 2. The van der Waals surface area contributed by atoms with Gasteiger partial charge in [0.2, 0.25) is 0 Å². The fourth-order valence-corrected chi connectivity index (χ4v) is 1.78. The van der Waals surface area contributed by atoms with Gasteiger partial charge in [-0.1, -0.05) is 23.8 Å². The molecular weight excluding hydrogens is 204 g/mol. The summed E-state index contributed by atoms with van der Waals surface area (Å²) < 4.78 is 10.5. The molecule has 1 rings (SSSR count). The van der Waals surface area contributed by atoms with Crippen molar-refractivity contribution in [3.05, 3.63) is 34.9 Å². The van der Waals surface area contributed by atoms with Crippen LogP contribution in [0.4, 0.5) is 0 Å². The maximum absolute atomic E-state index is 5.57. The first kappa shape index (κ1) is 13.1. The average molecular weight is 224 g/mol. The summed E-state index contributed by atoms with van der Waals surface area (Å²) in [5, 5.41) is 0. The first-order chi connectivity index (χ1) is 7.63. The molecule has 0 amide bonds. The number of hydrogen-bond donors (Lipinski definition) is 2. The highest BCUT2D eigenvalue weighted by Crippen LogP contribution is 2.23. The van der Waals surface area contributed by atoms with Gasteiger partial charge in [-0.3, -0.25) is 5.84 Å². The number of nitrogens with one attached hydrogen (secondary N) is 1. The summed E-state index contributed by atoms with van der Waals surface area (Å²) >= 11 is 0. The van der Waals surface area contributed by atoms with Crippen LogP contribution >= 0.6 is 0 Å². The third-order valence-corrected chi connectivity index (χ3v) is 2.69. The lowest BCUT2D eigenvalue weighted by molar-refractivity contribution is -0.124. The van der Waals surface area contributed by atoms with E-state index >= 15 is 0 Å². The molecule has 0 saturated carbocycles. The normalized spacial score (nSPS) is 13.1. The molecule has 0 radical (unpaired) electrons. The molecule has 1 unspecified atom stereocenters. The van der Waals surface area contributed by atoms with Gasteiger partial charge >= 0.3 is 0 Å². The molecule has 3 N–H and O–H groups in total. The number of benzene rings is 1. The fraction of sp³-hybridized carbons (Fsp3) is 0.500. The van der Waals surface area contributed by atoms with E-state index in [-0.39, 0.29) is 6.04 Å². The first-order valence-corrected chi connectivity index (χ1v) is 5.23. The molecule has 0 aromatic heterocycles. The largest absolute Gasteiger partial charge is 0.354 e. The first-order valence-electron chi connectivity index (χ1n) is 5.23. The minimum Gasteiger partial charge on any atom is -0.354 e. The molecule has 1 atom stereocenters. The predicted molar refractivity (Wildman–Crippen MR) is 63.8 cm³/mol. The molecule has 0 fully saturated rings. The topological polar surface area (TPSA) is 56.5 Å². The molecule has 1 aromatic rings. The SMILES string of the molecule is COC(OC)C(NN)c1cc(C)ccc1C. The zero-order valence-corrected chi connectivity index (χ0v) is 10.3. The quantitative estimate of drug-likeness (QED) is 0.451. The summed E-state index contributed by atoms with van der Waals surface area (Å²) in [6.07, 6.45) is -0.398. The van der Waals surface area contributed by atoms with Crippen LogP contribution in [0.25, 0.3) is 0 Å². The van der Waals surface area contributed by atoms with E-state index < -0.39 is 6.29 Å². The Balaban J connectivity index is 3.06. The molecule has 0 saturated heterocycles. The number of nitrogens with two attached hydrogens (primary N) is 1. The van der Waals surface area contributed by atoms with E-state index in [4.69, 9.17) is 15.3 Å². The van der Waals surface area contributed by atoms with E-state index in [9.17, 15) is 0 Å². The Labute approximate surface area is 96.7 Å². The Morgan fingerprint density at radius 2 is 1.81 bits per heavy atom. The average Bonchev–Trinajstić information content (AvgIpc) is 2.29. The summed E-state index contributed by atoms with van der Waals surface area (Å²) in [7, 11) is 3.20. The van der Waals surface area contributed by atoms with Gasteiger partial charge < -0.3 is 9.47 Å². The lowest BCUT2D eigenvalue weighted by Crippen LogP contribution is -2.39. The fourth-order valence-electron chi connectivity index (χ4n) is 1.78. The number of aryl methyl sites for hydroxylation is 2. The van der Waals surface area contributed by atoms with Crippen molar-refractivity contribution in [2.24, 2.45) is 5.84 Å². The Morgan fingerprint density at radius 3 is 2.31 bits per heavy atom. The van der Waals surface area contributed by atoms with Gasteiger partial charge in [-0.05, 0) is 25.0 Å². The smallest absolute Gasteiger partial charge is 0.177 e. The Hall–Kier alpha value is -0.940. The van der Waals surface area contributed by atoms with Gasteiger partial charge in [0, 0.05) is 14.2 Å². The van der Waals surface area contributed by atoms with E-state index in [1.807, 2.05) is 13.8 Å². The zero-order valence-electron chi connectivity index (χ0n) is 10.3. The molecule has 0 aliphatic heterocycles. The van der Waals surface area contributed by atoms with E-state index in [1.165, 1.54) is 5.56 Å². The second-order valence-corrected chi connectivity index (χ2v) is 3.84. The van der Waals surface area contributed by atoms with Gasteiger partial charge in [0.25, 0.3) is 0 Å². The molecule has 0 spiro atoms. The van der Waals surface area contributed by atoms with Crippen molar-refractivity contribution in [1.82, 2.24) is 5.43 Å². The number of hydrazine groups is 1. The molecule has 0 heterocycles. The molecular formula is C12H20N2O2. The summed E-state index contributed by atoms with van der Waals surface area (Å²) in [5.41, 5.74) is 6.18. The highest BCUT2D eigenvalue weighted by Gasteiger charge is 2.22. The molecule has 0 bridgehead atoms. The van der Waals surface area contributed by atoms with Crippen molar-refractivity contribution in [3.63, 3.8) is 0 Å². The highest BCUT2D eigenvalue weighted by atomic mass is 16.7. The van der Waals surface area contributed by atoms with Crippen LogP contribution in [-0.4, -0.2) is 20.5 Å². The van der Waals surface area contributed by atoms with Crippen molar-refractivity contribution in [1.29, 1.82) is 0 Å². The number of hydrogen-bond acceptors (Lipinski definition) is 4. The molecule has 0 aliphatic carbocycles. The lowest BCUT2D eigenvalue weighted by Gasteiger charge is -2.25. The van der Waals surface area contributed by atoms with Crippen LogP contribution < -0.4 is 11.3 Å². The summed E-state index contributed by atoms with van der Waals surface area (Å²) in [4.78, 5) is 0. The van der Waals surface area contributed by atoms with Gasteiger partial charge in [-0.2, -0.15) is 0 Å². The number of rotatable bonds is 5. The van der Waals surface area contributed by atoms with Crippen LogP contribution in [-0.2, 0) is 9.47 Å². The third kappa shape index (κ3) is 2.80. The van der Waals surface area contributed by atoms with Gasteiger partial charge in [-0.15, -0.1) is 0 Å². The van der Waals surface area contributed by atoms with Crippen molar-refractivity contribution >= 4 is 0 Å². The van der Waals surface area contributed by atoms with Crippen molar-refractivity contribution < 1.29 is 9.47 Å². The Bertz CT molecular complexity index is 338. The van der Waals surface area contributed by atoms with E-state index in [0.29, 0.717) is 0 Å². The van der Waals surface area contributed by atoms with Crippen molar-refractivity contribution in [2.45, 2.75) is 26.2 Å². The van der Waals surface area contributed by atoms with E-state index in [1.54, 1.807) is 14.2 Å². The van der Waals surface area contributed by atoms with E-state index in [2.05, 4.69) is 23.6 Å². The maximum Gasteiger partial charge on any atom is 0.177 e. The standard InChI is InChI=1S/C12H20N2O2/c1-8-5-6-9(2)10(7-8)11(14-13)12(15-3)16-4/h5-7,11-12,14H,13H2,1-4H3. The van der Waals surface area contributed by atoms with Crippen LogP contribution in [0.3, 0.4) is 0 Å². The Kier molecular flexibility index (Phi) is 4.89. The summed E-state index contributed by atoms with van der Waals surface area (Å²) in [6, 6.07) is 6.05. The monoisotopic (exact) mass is 224 g/mol. The summed E-state index contributed by atoms with van der Waals surface area (Å²) in [5.74, 6) is 5.57. The number of methoxy groups -OCH3 is 2. The molecule has 0 aliphatic rings. The van der Waals surface area contributed by atoms with Gasteiger partial charge in [-0.25, -0.2) is 5.43 Å². The second-order valence-electron chi connectivity index (χ2n) is 3.84. The minimum absolute atomic E-state index is 0.171. The van der Waals surface area contributed by atoms with Gasteiger partial charge in [0.05, 0.1) is 6.04 Å². The maximum atomic E-state index is 5.57. The van der Waals surface area contributed by atoms with Crippen molar-refractivity contribution in [3.8, 4) is 0 Å².